The Morgan fingerprint density at radius 1 is 1.12 bits per heavy atom. The number of rotatable bonds is 2. The molecule has 1 aliphatic heterocycles. The van der Waals surface area contributed by atoms with Crippen molar-refractivity contribution >= 4 is 23.2 Å². The molecule has 5 nitrogen and oxygen atoms in total. The van der Waals surface area contributed by atoms with Crippen molar-refractivity contribution in [3.05, 3.63) is 53.1 Å². The Morgan fingerprint density at radius 2 is 1.88 bits per heavy atom. The Balaban J connectivity index is 1.82. The zero-order chi connectivity index (χ0) is 18.2. The number of amides is 2. The lowest BCUT2D eigenvalue weighted by Crippen LogP contribution is -2.33. The summed E-state index contributed by atoms with van der Waals surface area (Å²) in [6.45, 7) is 7.95. The van der Waals surface area contributed by atoms with Crippen molar-refractivity contribution in [1.29, 1.82) is 0 Å². The van der Waals surface area contributed by atoms with E-state index in [1.54, 1.807) is 24.3 Å². The van der Waals surface area contributed by atoms with Crippen LogP contribution in [0.1, 0.15) is 35.3 Å². The van der Waals surface area contributed by atoms with Crippen LogP contribution in [0, 0.1) is 19.3 Å². The Morgan fingerprint density at radius 3 is 2.60 bits per heavy atom. The number of ether oxygens (including phenoxy) is 1. The number of nitrogens with one attached hydrogen (secondary N) is 2. The lowest BCUT2D eigenvalue weighted by atomic mass is 9.94. The smallest absolute Gasteiger partial charge is 0.255 e. The second kappa shape index (κ2) is 6.24. The highest BCUT2D eigenvalue weighted by Gasteiger charge is 2.32. The van der Waals surface area contributed by atoms with Crippen LogP contribution in [0.4, 0.5) is 11.4 Å². The van der Waals surface area contributed by atoms with E-state index in [9.17, 15) is 9.59 Å². The summed E-state index contributed by atoms with van der Waals surface area (Å²) in [4.78, 5) is 24.7. The van der Waals surface area contributed by atoms with E-state index in [2.05, 4.69) is 10.6 Å². The third-order valence-electron chi connectivity index (χ3n) is 4.46. The standard InChI is InChI=1S/C20H22N2O3/c1-12-5-6-14(9-13(12)2)18(23)21-15-7-8-17-16(10-15)22-19(24)20(3,4)11-25-17/h5-10H,11H2,1-4H3,(H,21,23)(H,22,24). The topological polar surface area (TPSA) is 67.4 Å². The molecule has 0 aliphatic carbocycles. The molecule has 25 heavy (non-hydrogen) atoms. The minimum absolute atomic E-state index is 0.108. The third kappa shape index (κ3) is 3.50. The molecule has 130 valence electrons. The summed E-state index contributed by atoms with van der Waals surface area (Å²) < 4.78 is 5.71. The molecule has 0 fully saturated rings. The summed E-state index contributed by atoms with van der Waals surface area (Å²) in [6, 6.07) is 10.8. The van der Waals surface area contributed by atoms with Gasteiger partial charge in [0.25, 0.3) is 5.91 Å². The van der Waals surface area contributed by atoms with Crippen molar-refractivity contribution < 1.29 is 14.3 Å². The van der Waals surface area contributed by atoms with Crippen LogP contribution in [-0.2, 0) is 4.79 Å². The first-order valence-corrected chi connectivity index (χ1v) is 8.23. The van der Waals surface area contributed by atoms with Gasteiger partial charge >= 0.3 is 0 Å². The molecule has 0 unspecified atom stereocenters. The summed E-state index contributed by atoms with van der Waals surface area (Å²) in [5, 5.41) is 5.73. The second-order valence-corrected chi connectivity index (χ2v) is 7.09. The molecule has 1 heterocycles. The SMILES string of the molecule is Cc1ccc(C(=O)Nc2ccc3c(c2)NC(=O)C(C)(C)CO3)cc1C. The van der Waals surface area contributed by atoms with Gasteiger partial charge in [0, 0.05) is 11.3 Å². The van der Waals surface area contributed by atoms with E-state index < -0.39 is 5.41 Å². The van der Waals surface area contributed by atoms with Gasteiger partial charge in [0.2, 0.25) is 5.91 Å². The number of fused-ring (bicyclic) bond motifs is 1. The summed E-state index contributed by atoms with van der Waals surface area (Å²) in [5.41, 5.74) is 3.36. The molecule has 0 bridgehead atoms. The fourth-order valence-corrected chi connectivity index (χ4v) is 2.53. The van der Waals surface area contributed by atoms with E-state index in [1.807, 2.05) is 39.8 Å². The van der Waals surface area contributed by atoms with Crippen LogP contribution in [0.5, 0.6) is 5.75 Å². The molecule has 2 aromatic carbocycles. The number of benzene rings is 2. The molecule has 3 rings (SSSR count). The number of carbonyl (C=O) groups excluding carboxylic acids is 2. The molecule has 0 atom stereocenters. The molecule has 0 radical (unpaired) electrons. The van der Waals surface area contributed by atoms with Gasteiger partial charge in [0.1, 0.15) is 12.4 Å². The van der Waals surface area contributed by atoms with Crippen molar-refractivity contribution in [3.63, 3.8) is 0 Å². The van der Waals surface area contributed by atoms with E-state index in [0.29, 0.717) is 29.3 Å². The zero-order valence-corrected chi connectivity index (χ0v) is 14.9. The molecular weight excluding hydrogens is 316 g/mol. The van der Waals surface area contributed by atoms with Gasteiger partial charge < -0.3 is 15.4 Å². The van der Waals surface area contributed by atoms with Crippen molar-refractivity contribution in [2.24, 2.45) is 5.41 Å². The molecule has 2 aromatic rings. The molecule has 2 amide bonds. The predicted molar refractivity (Wildman–Crippen MR) is 98.2 cm³/mol. The van der Waals surface area contributed by atoms with Crippen molar-refractivity contribution in [3.8, 4) is 5.75 Å². The molecular formula is C20H22N2O3. The van der Waals surface area contributed by atoms with Crippen molar-refractivity contribution in [2.75, 3.05) is 17.2 Å². The minimum Gasteiger partial charge on any atom is -0.490 e. The Bertz CT molecular complexity index is 856. The van der Waals surface area contributed by atoms with Crippen molar-refractivity contribution in [1.82, 2.24) is 0 Å². The highest BCUT2D eigenvalue weighted by molar-refractivity contribution is 6.05. The molecule has 1 aliphatic rings. The maximum Gasteiger partial charge on any atom is 0.255 e. The van der Waals surface area contributed by atoms with Crippen molar-refractivity contribution in [2.45, 2.75) is 27.7 Å². The van der Waals surface area contributed by atoms with Gasteiger partial charge in [0.15, 0.2) is 0 Å². The largest absolute Gasteiger partial charge is 0.490 e. The van der Waals surface area contributed by atoms with Gasteiger partial charge in [-0.3, -0.25) is 9.59 Å². The monoisotopic (exact) mass is 338 g/mol. The quantitative estimate of drug-likeness (QED) is 0.872. The first kappa shape index (κ1) is 17.0. The second-order valence-electron chi connectivity index (χ2n) is 7.09. The number of hydrogen-bond acceptors (Lipinski definition) is 3. The average molecular weight is 338 g/mol. The Hall–Kier alpha value is -2.82. The fourth-order valence-electron chi connectivity index (χ4n) is 2.53. The van der Waals surface area contributed by atoms with E-state index in [0.717, 1.165) is 11.1 Å². The van der Waals surface area contributed by atoms with Gasteiger partial charge in [-0.2, -0.15) is 0 Å². The van der Waals surface area contributed by atoms with Crippen LogP contribution in [0.25, 0.3) is 0 Å². The zero-order valence-electron chi connectivity index (χ0n) is 14.9. The molecule has 0 aromatic heterocycles. The van der Waals surface area contributed by atoms with Gasteiger partial charge in [-0.1, -0.05) is 6.07 Å². The van der Waals surface area contributed by atoms with E-state index >= 15 is 0 Å². The lowest BCUT2D eigenvalue weighted by Gasteiger charge is -2.18. The molecule has 0 spiro atoms. The first-order valence-electron chi connectivity index (χ1n) is 8.23. The fraction of sp³-hybridized carbons (Fsp3) is 0.300. The highest BCUT2D eigenvalue weighted by atomic mass is 16.5. The van der Waals surface area contributed by atoms with Crippen LogP contribution in [0.3, 0.4) is 0 Å². The van der Waals surface area contributed by atoms with Gasteiger partial charge in [-0.25, -0.2) is 0 Å². The number of aryl methyl sites for hydroxylation is 2. The summed E-state index contributed by atoms with van der Waals surface area (Å²) in [6.07, 6.45) is 0. The normalized spacial score (nSPS) is 15.4. The average Bonchev–Trinajstić information content (AvgIpc) is 2.66. The molecule has 2 N–H and O–H groups in total. The van der Waals surface area contributed by atoms with Crippen LogP contribution in [0.15, 0.2) is 36.4 Å². The number of carbonyl (C=O) groups is 2. The van der Waals surface area contributed by atoms with Gasteiger partial charge in [-0.05, 0) is 69.2 Å². The van der Waals surface area contributed by atoms with Crippen LogP contribution in [0.2, 0.25) is 0 Å². The van der Waals surface area contributed by atoms with E-state index in [1.165, 1.54) is 0 Å². The summed E-state index contributed by atoms with van der Waals surface area (Å²) in [5.74, 6) is 0.302. The molecule has 0 saturated heterocycles. The third-order valence-corrected chi connectivity index (χ3v) is 4.46. The predicted octanol–water partition coefficient (Wildman–Crippen LogP) is 3.91. The molecule has 5 heteroatoms. The molecule has 0 saturated carbocycles. The van der Waals surface area contributed by atoms with E-state index in [4.69, 9.17) is 4.74 Å². The van der Waals surface area contributed by atoms with Gasteiger partial charge in [-0.15, -0.1) is 0 Å². The Labute approximate surface area is 147 Å². The summed E-state index contributed by atoms with van der Waals surface area (Å²) in [7, 11) is 0. The number of hydrogen-bond donors (Lipinski definition) is 2. The maximum atomic E-state index is 12.5. The van der Waals surface area contributed by atoms with Gasteiger partial charge in [0.05, 0.1) is 11.1 Å². The lowest BCUT2D eigenvalue weighted by molar-refractivity contribution is -0.124. The van der Waals surface area contributed by atoms with Crippen LogP contribution < -0.4 is 15.4 Å². The summed E-state index contributed by atoms with van der Waals surface area (Å²) >= 11 is 0. The number of anilines is 2. The maximum absolute atomic E-state index is 12.5. The van der Waals surface area contributed by atoms with E-state index in [-0.39, 0.29) is 11.8 Å². The highest BCUT2D eigenvalue weighted by Crippen LogP contribution is 2.34. The first-order chi connectivity index (χ1) is 11.8. The Kier molecular flexibility index (Phi) is 4.25. The minimum atomic E-state index is -0.609. The van der Waals surface area contributed by atoms with Crippen LogP contribution >= 0.6 is 0 Å². The van der Waals surface area contributed by atoms with Crippen LogP contribution in [-0.4, -0.2) is 18.4 Å².